The summed E-state index contributed by atoms with van der Waals surface area (Å²) in [5.74, 6) is 1.39. The molecule has 2 fully saturated rings. The van der Waals surface area contributed by atoms with E-state index < -0.39 is 0 Å². The van der Waals surface area contributed by atoms with Crippen LogP contribution in [0.5, 0.6) is 0 Å². The molecule has 1 saturated heterocycles. The molecule has 6 nitrogen and oxygen atoms in total. The summed E-state index contributed by atoms with van der Waals surface area (Å²) in [6.45, 7) is 5.93. The summed E-state index contributed by atoms with van der Waals surface area (Å²) in [5.41, 5.74) is 7.43. The molecule has 0 atom stereocenters. The van der Waals surface area contributed by atoms with Crippen LogP contribution < -0.4 is 5.73 Å². The lowest BCUT2D eigenvalue weighted by molar-refractivity contribution is 0.112. The second kappa shape index (κ2) is 8.48. The molecular weight excluding hydrogens is 350 g/mol. The average Bonchev–Trinajstić information content (AvgIpc) is 3.28. The van der Waals surface area contributed by atoms with Crippen molar-refractivity contribution in [1.82, 2.24) is 19.9 Å². The number of benzene rings is 1. The highest BCUT2D eigenvalue weighted by Crippen LogP contribution is 2.34. The first kappa shape index (κ1) is 19.3. The van der Waals surface area contributed by atoms with Gasteiger partial charge in [0.25, 0.3) is 0 Å². The first-order valence-corrected chi connectivity index (χ1v) is 9.32. The van der Waals surface area contributed by atoms with Crippen LogP contribution in [-0.2, 0) is 18.6 Å². The largest absolute Gasteiger partial charge is 0.338 e. The lowest BCUT2D eigenvalue weighted by Crippen LogP contribution is -2.45. The minimum atomic E-state index is -0.365. The van der Waals surface area contributed by atoms with Gasteiger partial charge in [-0.1, -0.05) is 48.3 Å². The van der Waals surface area contributed by atoms with Gasteiger partial charge < -0.3 is 10.3 Å². The van der Waals surface area contributed by atoms with Crippen molar-refractivity contribution in [3.63, 3.8) is 0 Å². The molecule has 2 aliphatic rings. The second-order valence-corrected chi connectivity index (χ2v) is 7.41. The van der Waals surface area contributed by atoms with Crippen LogP contribution in [0.2, 0.25) is 0 Å². The van der Waals surface area contributed by atoms with Crippen molar-refractivity contribution in [3.05, 3.63) is 47.6 Å². The number of aromatic nitrogens is 2. The van der Waals surface area contributed by atoms with Gasteiger partial charge in [0, 0.05) is 32.7 Å². The zero-order valence-electron chi connectivity index (χ0n) is 15.1. The number of nitrogens with zero attached hydrogens (tertiary/aromatic N) is 4. The van der Waals surface area contributed by atoms with Gasteiger partial charge in [-0.25, -0.2) is 0 Å². The lowest BCUT2D eigenvalue weighted by atomic mass is 9.99. The predicted molar refractivity (Wildman–Crippen MR) is 103 cm³/mol. The Hall–Kier alpha value is -1.47. The van der Waals surface area contributed by atoms with Crippen molar-refractivity contribution < 1.29 is 4.52 Å². The molecule has 1 aromatic carbocycles. The van der Waals surface area contributed by atoms with Crippen LogP contribution in [0, 0.1) is 0 Å². The van der Waals surface area contributed by atoms with Gasteiger partial charge in [0.15, 0.2) is 5.82 Å². The Morgan fingerprint density at radius 3 is 2.23 bits per heavy atom. The van der Waals surface area contributed by atoms with E-state index >= 15 is 0 Å². The number of nitrogens with two attached hydrogens (primary N) is 1. The first-order chi connectivity index (χ1) is 12.2. The van der Waals surface area contributed by atoms with Crippen molar-refractivity contribution >= 4 is 12.4 Å². The maximum absolute atomic E-state index is 6.41. The van der Waals surface area contributed by atoms with Gasteiger partial charge in [-0.05, 0) is 18.4 Å². The molecular formula is C19H28ClN5O. The summed E-state index contributed by atoms with van der Waals surface area (Å²) in [4.78, 5) is 9.47. The minimum Gasteiger partial charge on any atom is -0.338 e. The second-order valence-electron chi connectivity index (χ2n) is 7.41. The van der Waals surface area contributed by atoms with Crippen LogP contribution in [0.4, 0.5) is 0 Å². The van der Waals surface area contributed by atoms with Crippen molar-refractivity contribution in [3.8, 4) is 0 Å². The number of halogens is 1. The van der Waals surface area contributed by atoms with Gasteiger partial charge in [-0.3, -0.25) is 9.80 Å². The quantitative estimate of drug-likeness (QED) is 0.863. The predicted octanol–water partition coefficient (Wildman–Crippen LogP) is 2.54. The van der Waals surface area contributed by atoms with Gasteiger partial charge in [0.05, 0.1) is 12.1 Å². The van der Waals surface area contributed by atoms with E-state index in [1.165, 1.54) is 5.56 Å². The monoisotopic (exact) mass is 377 g/mol. The van der Waals surface area contributed by atoms with Crippen molar-refractivity contribution in [2.24, 2.45) is 5.73 Å². The molecule has 0 bridgehead atoms. The Bertz CT molecular complexity index is 678. The lowest BCUT2D eigenvalue weighted by Gasteiger charge is -2.33. The Balaban J connectivity index is 0.00000196. The summed E-state index contributed by atoms with van der Waals surface area (Å²) in [6, 6.07) is 10.7. The van der Waals surface area contributed by atoms with Crippen molar-refractivity contribution in [1.29, 1.82) is 0 Å². The summed E-state index contributed by atoms with van der Waals surface area (Å²) in [6.07, 6.45) is 4.24. The molecule has 0 radical (unpaired) electrons. The third-order valence-corrected chi connectivity index (χ3v) is 5.48. The Kier molecular flexibility index (Phi) is 6.29. The maximum Gasteiger partial charge on any atom is 0.240 e. The molecule has 1 aliphatic carbocycles. The molecule has 0 spiro atoms. The average molecular weight is 378 g/mol. The number of piperazine rings is 1. The molecule has 2 heterocycles. The van der Waals surface area contributed by atoms with E-state index in [1.54, 1.807) is 0 Å². The number of hydrogen-bond acceptors (Lipinski definition) is 6. The Morgan fingerprint density at radius 2 is 1.58 bits per heavy atom. The van der Waals surface area contributed by atoms with E-state index in [0.717, 1.165) is 65.0 Å². The highest BCUT2D eigenvalue weighted by molar-refractivity contribution is 5.85. The molecule has 142 valence electrons. The summed E-state index contributed by atoms with van der Waals surface area (Å²) in [7, 11) is 0. The number of hydrogen-bond donors (Lipinski definition) is 1. The SMILES string of the molecule is Cl.NC1(c2noc(CN3CCN(Cc4ccccc4)CC3)n2)CCCC1. The summed E-state index contributed by atoms with van der Waals surface area (Å²) in [5, 5.41) is 4.16. The standard InChI is InChI=1S/C19H27N5O.ClH/c20-19(8-4-5-9-19)18-21-17(25-22-18)15-24-12-10-23(11-13-24)14-16-6-2-1-3-7-16;/h1-3,6-7H,4-5,8-15,20H2;1H. The van der Waals surface area contributed by atoms with Crippen molar-refractivity contribution in [2.45, 2.75) is 44.3 Å². The zero-order valence-corrected chi connectivity index (χ0v) is 16.0. The van der Waals surface area contributed by atoms with Crippen LogP contribution in [-0.4, -0.2) is 46.1 Å². The molecule has 26 heavy (non-hydrogen) atoms. The van der Waals surface area contributed by atoms with E-state index in [1.807, 2.05) is 0 Å². The Labute approximate surface area is 161 Å². The molecule has 7 heteroatoms. The molecule has 2 N–H and O–H groups in total. The fourth-order valence-electron chi connectivity index (χ4n) is 3.89. The van der Waals surface area contributed by atoms with Gasteiger partial charge in [-0.2, -0.15) is 4.98 Å². The van der Waals surface area contributed by atoms with E-state index in [0.29, 0.717) is 11.7 Å². The van der Waals surface area contributed by atoms with Gasteiger partial charge in [-0.15, -0.1) is 12.4 Å². The minimum absolute atomic E-state index is 0. The third kappa shape index (κ3) is 4.43. The highest BCUT2D eigenvalue weighted by Gasteiger charge is 2.36. The van der Waals surface area contributed by atoms with E-state index in [4.69, 9.17) is 10.3 Å². The fraction of sp³-hybridized carbons (Fsp3) is 0.579. The highest BCUT2D eigenvalue weighted by atomic mass is 35.5. The first-order valence-electron chi connectivity index (χ1n) is 9.32. The molecule has 1 aliphatic heterocycles. The Morgan fingerprint density at radius 1 is 0.962 bits per heavy atom. The zero-order chi connectivity index (χ0) is 17.1. The maximum atomic E-state index is 6.41. The molecule has 4 rings (SSSR count). The van der Waals surface area contributed by atoms with E-state index in [-0.39, 0.29) is 17.9 Å². The van der Waals surface area contributed by atoms with Crippen LogP contribution in [0.3, 0.4) is 0 Å². The summed E-state index contributed by atoms with van der Waals surface area (Å²) < 4.78 is 5.47. The fourth-order valence-corrected chi connectivity index (χ4v) is 3.89. The van der Waals surface area contributed by atoms with Crippen LogP contribution in [0.15, 0.2) is 34.9 Å². The molecule has 0 unspecified atom stereocenters. The van der Waals surface area contributed by atoms with Crippen LogP contribution in [0.1, 0.15) is 43.0 Å². The van der Waals surface area contributed by atoms with Crippen molar-refractivity contribution in [2.75, 3.05) is 26.2 Å². The summed E-state index contributed by atoms with van der Waals surface area (Å²) >= 11 is 0. The molecule has 0 amide bonds. The van der Waals surface area contributed by atoms with Crippen LogP contribution >= 0.6 is 12.4 Å². The van der Waals surface area contributed by atoms with Gasteiger partial charge in [0.2, 0.25) is 5.89 Å². The molecule has 2 aromatic rings. The van der Waals surface area contributed by atoms with E-state index in [2.05, 4.69) is 50.3 Å². The third-order valence-electron chi connectivity index (χ3n) is 5.48. The van der Waals surface area contributed by atoms with Crippen LogP contribution in [0.25, 0.3) is 0 Å². The molecule has 1 aromatic heterocycles. The smallest absolute Gasteiger partial charge is 0.240 e. The molecule has 1 saturated carbocycles. The number of rotatable bonds is 5. The van der Waals surface area contributed by atoms with Gasteiger partial charge >= 0.3 is 0 Å². The van der Waals surface area contributed by atoms with E-state index in [9.17, 15) is 0 Å². The topological polar surface area (TPSA) is 71.4 Å². The normalized spacial score (nSPS) is 20.8. The van der Waals surface area contributed by atoms with Gasteiger partial charge in [0.1, 0.15) is 0 Å².